The number of aryl methyl sites for hydroxylation is 1. The number of nitrogens with zero attached hydrogens (tertiary/aromatic N) is 1. The Morgan fingerprint density at radius 3 is 2.61 bits per heavy atom. The van der Waals surface area contributed by atoms with E-state index in [1.807, 2.05) is 63.2 Å². The highest BCUT2D eigenvalue weighted by atomic mass is 19.1. The van der Waals surface area contributed by atoms with Gasteiger partial charge in [-0.2, -0.15) is 0 Å². The normalized spacial score (nSPS) is 11.1. The molecule has 0 fully saturated rings. The first-order valence-corrected chi connectivity index (χ1v) is 9.88. The molecule has 3 aromatic carbocycles. The Morgan fingerprint density at radius 2 is 1.94 bits per heavy atom. The van der Waals surface area contributed by atoms with E-state index in [0.717, 1.165) is 28.0 Å². The fraction of sp³-hybridized carbons (Fsp3) is 0.200. The number of aliphatic carboxylic acids is 1. The number of aliphatic imine (C=N–C) groups is 1. The molecule has 0 bridgehead atoms. The number of benzene rings is 3. The van der Waals surface area contributed by atoms with Gasteiger partial charge in [0, 0.05) is 12.3 Å². The van der Waals surface area contributed by atoms with Gasteiger partial charge < -0.3 is 14.6 Å². The van der Waals surface area contributed by atoms with Gasteiger partial charge in [0.25, 0.3) is 0 Å². The number of hydrogen-bond donors (Lipinski definition) is 1. The van der Waals surface area contributed by atoms with Crippen molar-refractivity contribution >= 4 is 17.9 Å². The van der Waals surface area contributed by atoms with E-state index in [0.29, 0.717) is 5.69 Å². The second kappa shape index (κ2) is 9.89. The third kappa shape index (κ3) is 6.15. The Balaban J connectivity index is 1.77. The van der Waals surface area contributed by atoms with Gasteiger partial charge in [0.2, 0.25) is 0 Å². The molecule has 0 aliphatic rings. The van der Waals surface area contributed by atoms with Gasteiger partial charge in [-0.25, -0.2) is 9.18 Å². The van der Waals surface area contributed by atoms with E-state index in [2.05, 4.69) is 4.99 Å². The quantitative estimate of drug-likeness (QED) is 0.467. The summed E-state index contributed by atoms with van der Waals surface area (Å²) in [6.45, 7) is 5.43. The van der Waals surface area contributed by atoms with Crippen LogP contribution in [0.15, 0.2) is 65.7 Å². The van der Waals surface area contributed by atoms with Gasteiger partial charge >= 0.3 is 5.97 Å². The van der Waals surface area contributed by atoms with Crippen molar-refractivity contribution < 1.29 is 23.8 Å². The molecule has 31 heavy (non-hydrogen) atoms. The molecule has 3 aromatic rings. The molecule has 0 atom stereocenters. The van der Waals surface area contributed by atoms with Gasteiger partial charge in [0.15, 0.2) is 18.2 Å². The van der Waals surface area contributed by atoms with Gasteiger partial charge in [0.05, 0.1) is 11.8 Å². The SMILES string of the molecule is Cc1cc(OC(C)C)ccc1-c1cccc(/C=N/c2ccc(OCC(=O)O)c(F)c2)c1. The average Bonchev–Trinajstić information content (AvgIpc) is 2.71. The molecular formula is C25H24FNO4. The van der Waals surface area contributed by atoms with Gasteiger partial charge in [-0.05, 0) is 73.4 Å². The Hall–Kier alpha value is -3.67. The predicted octanol–water partition coefficient (Wildman–Crippen LogP) is 5.80. The molecule has 1 N–H and O–H groups in total. The van der Waals surface area contributed by atoms with Crippen molar-refractivity contribution in [2.24, 2.45) is 4.99 Å². The molecule has 0 aromatic heterocycles. The highest BCUT2D eigenvalue weighted by molar-refractivity contribution is 5.85. The summed E-state index contributed by atoms with van der Waals surface area (Å²) in [6.07, 6.45) is 1.77. The van der Waals surface area contributed by atoms with Crippen LogP contribution in [0, 0.1) is 12.7 Å². The van der Waals surface area contributed by atoms with Crippen LogP contribution < -0.4 is 9.47 Å². The number of carbonyl (C=O) groups is 1. The van der Waals surface area contributed by atoms with E-state index in [1.165, 1.54) is 12.1 Å². The fourth-order valence-electron chi connectivity index (χ4n) is 3.07. The number of rotatable bonds is 8. The van der Waals surface area contributed by atoms with Crippen molar-refractivity contribution in [3.63, 3.8) is 0 Å². The number of ether oxygens (including phenoxy) is 2. The number of carboxylic acids is 1. The number of carboxylic acid groups (broad SMARTS) is 1. The van der Waals surface area contributed by atoms with Gasteiger partial charge in [0.1, 0.15) is 5.75 Å². The molecule has 0 aliphatic carbocycles. The molecule has 5 nitrogen and oxygen atoms in total. The molecule has 6 heteroatoms. The van der Waals surface area contributed by atoms with Crippen LogP contribution in [0.5, 0.6) is 11.5 Å². The zero-order valence-electron chi connectivity index (χ0n) is 17.6. The van der Waals surface area contributed by atoms with Crippen molar-refractivity contribution in [3.8, 4) is 22.6 Å². The minimum atomic E-state index is -1.17. The Bertz CT molecular complexity index is 1110. The van der Waals surface area contributed by atoms with Crippen LogP contribution in [0.4, 0.5) is 10.1 Å². The lowest BCUT2D eigenvalue weighted by molar-refractivity contribution is -0.139. The smallest absolute Gasteiger partial charge is 0.341 e. The molecule has 0 amide bonds. The van der Waals surface area contributed by atoms with Crippen LogP contribution >= 0.6 is 0 Å². The van der Waals surface area contributed by atoms with E-state index < -0.39 is 18.4 Å². The van der Waals surface area contributed by atoms with Crippen molar-refractivity contribution in [2.75, 3.05) is 6.61 Å². The maximum Gasteiger partial charge on any atom is 0.341 e. The second-order valence-corrected chi connectivity index (χ2v) is 7.32. The maximum absolute atomic E-state index is 14.1. The first-order chi connectivity index (χ1) is 14.8. The molecule has 0 saturated carbocycles. The Kier molecular flexibility index (Phi) is 7.03. The van der Waals surface area contributed by atoms with E-state index >= 15 is 0 Å². The van der Waals surface area contributed by atoms with E-state index in [-0.39, 0.29) is 11.9 Å². The van der Waals surface area contributed by atoms with Crippen LogP contribution in [-0.4, -0.2) is 30.0 Å². The fourth-order valence-corrected chi connectivity index (χ4v) is 3.07. The topological polar surface area (TPSA) is 68.1 Å². The van der Waals surface area contributed by atoms with Crippen LogP contribution in [-0.2, 0) is 4.79 Å². The average molecular weight is 421 g/mol. The van der Waals surface area contributed by atoms with Crippen molar-refractivity contribution in [1.82, 2.24) is 0 Å². The van der Waals surface area contributed by atoms with Crippen molar-refractivity contribution in [2.45, 2.75) is 26.9 Å². The monoisotopic (exact) mass is 421 g/mol. The molecule has 0 saturated heterocycles. The molecule has 0 unspecified atom stereocenters. The molecular weight excluding hydrogens is 397 g/mol. The van der Waals surface area contributed by atoms with Gasteiger partial charge in [-0.1, -0.05) is 24.3 Å². The van der Waals surface area contributed by atoms with Gasteiger partial charge in [-0.15, -0.1) is 0 Å². The Labute approximate surface area is 180 Å². The zero-order chi connectivity index (χ0) is 22.4. The molecule has 0 spiro atoms. The molecule has 160 valence electrons. The first-order valence-electron chi connectivity index (χ1n) is 9.88. The second-order valence-electron chi connectivity index (χ2n) is 7.32. The van der Waals surface area contributed by atoms with Crippen molar-refractivity contribution in [1.29, 1.82) is 0 Å². The van der Waals surface area contributed by atoms with Crippen LogP contribution in [0.25, 0.3) is 11.1 Å². The highest BCUT2D eigenvalue weighted by Gasteiger charge is 2.08. The zero-order valence-corrected chi connectivity index (χ0v) is 17.6. The number of hydrogen-bond acceptors (Lipinski definition) is 4. The highest BCUT2D eigenvalue weighted by Crippen LogP contribution is 2.28. The Morgan fingerprint density at radius 1 is 1.13 bits per heavy atom. The third-order valence-corrected chi connectivity index (χ3v) is 4.40. The van der Waals surface area contributed by atoms with E-state index in [4.69, 9.17) is 14.6 Å². The lowest BCUT2D eigenvalue weighted by Gasteiger charge is -2.13. The summed E-state index contributed by atoms with van der Waals surface area (Å²) in [4.78, 5) is 14.9. The lowest BCUT2D eigenvalue weighted by atomic mass is 9.99. The predicted molar refractivity (Wildman–Crippen MR) is 119 cm³/mol. The first kappa shape index (κ1) is 22.0. The van der Waals surface area contributed by atoms with Crippen LogP contribution in [0.1, 0.15) is 25.0 Å². The molecule has 0 heterocycles. The summed E-state index contributed by atoms with van der Waals surface area (Å²) in [5.74, 6) is -1.11. The van der Waals surface area contributed by atoms with E-state index in [1.54, 1.807) is 12.3 Å². The maximum atomic E-state index is 14.1. The summed E-state index contributed by atoms with van der Waals surface area (Å²) >= 11 is 0. The molecule has 0 radical (unpaired) electrons. The minimum absolute atomic E-state index is 0.118. The van der Waals surface area contributed by atoms with Crippen molar-refractivity contribution in [3.05, 3.63) is 77.6 Å². The summed E-state index contributed by atoms with van der Waals surface area (Å²) < 4.78 is 24.7. The number of halogens is 1. The molecule has 3 rings (SSSR count). The summed E-state index contributed by atoms with van der Waals surface area (Å²) in [7, 11) is 0. The summed E-state index contributed by atoms with van der Waals surface area (Å²) in [5, 5.41) is 8.62. The van der Waals surface area contributed by atoms with E-state index in [9.17, 15) is 9.18 Å². The van der Waals surface area contributed by atoms with Crippen LogP contribution in [0.3, 0.4) is 0 Å². The lowest BCUT2D eigenvalue weighted by Crippen LogP contribution is -2.10. The largest absolute Gasteiger partial charge is 0.491 e. The van der Waals surface area contributed by atoms with Gasteiger partial charge in [-0.3, -0.25) is 4.99 Å². The summed E-state index contributed by atoms with van der Waals surface area (Å²) in [5.41, 5.74) is 4.51. The van der Waals surface area contributed by atoms with Crippen LogP contribution in [0.2, 0.25) is 0 Å². The summed E-state index contributed by atoms with van der Waals surface area (Å²) in [6, 6.07) is 18.0. The minimum Gasteiger partial charge on any atom is -0.491 e. The third-order valence-electron chi connectivity index (χ3n) is 4.40. The standard InChI is InChI=1S/C25H24FNO4/c1-16(2)31-21-8-9-22(17(3)11-21)19-6-4-5-18(12-19)14-27-20-7-10-24(23(26)13-20)30-15-25(28)29/h4-14,16H,15H2,1-3H3,(H,28,29)/b27-14+. The molecule has 0 aliphatic heterocycles.